The summed E-state index contributed by atoms with van der Waals surface area (Å²) in [6, 6.07) is 8.62. The van der Waals surface area contributed by atoms with Gasteiger partial charge in [-0.2, -0.15) is 0 Å². The summed E-state index contributed by atoms with van der Waals surface area (Å²) in [4.78, 5) is 0. The van der Waals surface area contributed by atoms with Gasteiger partial charge in [0.15, 0.2) is 0 Å². The zero-order valence-corrected chi connectivity index (χ0v) is 10.1. The van der Waals surface area contributed by atoms with Crippen LogP contribution in [0.5, 0.6) is 0 Å². The number of rotatable bonds is 4. The number of hydrogen-bond donors (Lipinski definition) is 2. The molecule has 0 bridgehead atoms. The van der Waals surface area contributed by atoms with Crippen molar-refractivity contribution in [1.29, 1.82) is 0 Å². The van der Waals surface area contributed by atoms with Gasteiger partial charge in [0.2, 0.25) is 12.3 Å². The molecule has 1 aliphatic heterocycles. The first-order valence-electron chi connectivity index (χ1n) is 6.26. The predicted octanol–water partition coefficient (Wildman–Crippen LogP) is 1.90. The summed E-state index contributed by atoms with van der Waals surface area (Å²) in [5.41, 5.74) is 2.02. The minimum Gasteiger partial charge on any atom is -0.423 e. The van der Waals surface area contributed by atoms with Crippen molar-refractivity contribution in [3.05, 3.63) is 30.7 Å². The van der Waals surface area contributed by atoms with Crippen molar-refractivity contribution >= 4 is 5.69 Å². The summed E-state index contributed by atoms with van der Waals surface area (Å²) >= 11 is 0. The van der Waals surface area contributed by atoms with Crippen LogP contribution in [0.1, 0.15) is 12.8 Å². The van der Waals surface area contributed by atoms with Crippen molar-refractivity contribution in [2.24, 2.45) is 0 Å². The van der Waals surface area contributed by atoms with Gasteiger partial charge >= 0.3 is 0 Å². The second kappa shape index (κ2) is 5.18. The van der Waals surface area contributed by atoms with E-state index < -0.39 is 0 Å². The van der Waals surface area contributed by atoms with Crippen LogP contribution in [0.15, 0.2) is 35.1 Å². The van der Waals surface area contributed by atoms with Crippen molar-refractivity contribution in [1.82, 2.24) is 15.5 Å². The molecule has 18 heavy (non-hydrogen) atoms. The Hall–Kier alpha value is -1.88. The predicted molar refractivity (Wildman–Crippen MR) is 69.2 cm³/mol. The Labute approximate surface area is 106 Å². The summed E-state index contributed by atoms with van der Waals surface area (Å²) in [6.45, 7) is 2.08. The quantitative estimate of drug-likeness (QED) is 0.860. The summed E-state index contributed by atoms with van der Waals surface area (Å²) in [6.07, 6.45) is 3.86. The minimum atomic E-state index is 0.553. The molecule has 1 aromatic heterocycles. The molecule has 1 aromatic carbocycles. The normalized spacial score (nSPS) is 19.0. The van der Waals surface area contributed by atoms with Gasteiger partial charge in [-0.25, -0.2) is 0 Å². The molecule has 1 saturated heterocycles. The molecule has 1 atom stereocenters. The van der Waals surface area contributed by atoms with Gasteiger partial charge in [-0.05, 0) is 37.6 Å². The first-order valence-corrected chi connectivity index (χ1v) is 6.26. The molecule has 1 unspecified atom stereocenters. The summed E-state index contributed by atoms with van der Waals surface area (Å²) < 4.78 is 5.19. The largest absolute Gasteiger partial charge is 0.423 e. The molecule has 1 fully saturated rings. The summed E-state index contributed by atoms with van der Waals surface area (Å²) in [5.74, 6) is 0.553. The van der Waals surface area contributed by atoms with E-state index in [-0.39, 0.29) is 0 Å². The first-order chi connectivity index (χ1) is 8.92. The third-order valence-corrected chi connectivity index (χ3v) is 3.18. The Morgan fingerprint density at radius 2 is 2.44 bits per heavy atom. The fourth-order valence-corrected chi connectivity index (χ4v) is 2.23. The molecule has 5 heteroatoms. The van der Waals surface area contributed by atoms with Gasteiger partial charge in [-0.15, -0.1) is 10.2 Å². The number of nitrogens with one attached hydrogen (secondary N) is 2. The molecule has 0 spiro atoms. The fraction of sp³-hybridized carbons (Fsp3) is 0.385. The lowest BCUT2D eigenvalue weighted by Gasteiger charge is -2.12. The highest BCUT2D eigenvalue weighted by molar-refractivity contribution is 5.60. The Morgan fingerprint density at radius 1 is 1.44 bits per heavy atom. The van der Waals surface area contributed by atoms with Crippen molar-refractivity contribution in [3.63, 3.8) is 0 Å². The van der Waals surface area contributed by atoms with E-state index in [9.17, 15) is 0 Å². The Balaban J connectivity index is 1.67. The molecule has 2 aromatic rings. The SMILES string of the molecule is c1cc(NCC2CCCN2)cc(-c2nnco2)c1. The first kappa shape index (κ1) is 11.2. The lowest BCUT2D eigenvalue weighted by Crippen LogP contribution is -2.29. The number of hydrogen-bond acceptors (Lipinski definition) is 5. The maximum Gasteiger partial charge on any atom is 0.247 e. The van der Waals surface area contributed by atoms with Gasteiger partial charge < -0.3 is 15.1 Å². The van der Waals surface area contributed by atoms with Gasteiger partial charge in [-0.1, -0.05) is 6.07 Å². The molecule has 3 rings (SSSR count). The molecule has 0 amide bonds. The van der Waals surface area contributed by atoms with E-state index in [0.717, 1.165) is 24.3 Å². The highest BCUT2D eigenvalue weighted by Gasteiger charge is 2.13. The molecule has 2 N–H and O–H groups in total. The average molecular weight is 244 g/mol. The molecule has 2 heterocycles. The third-order valence-electron chi connectivity index (χ3n) is 3.18. The number of aromatic nitrogens is 2. The van der Waals surface area contributed by atoms with E-state index in [2.05, 4.69) is 26.9 Å². The standard InChI is InChI=1S/C13H16N4O/c1-3-10(13-17-16-9-18-13)7-11(4-1)15-8-12-5-2-6-14-12/h1,3-4,7,9,12,14-15H,2,5-6,8H2. The monoisotopic (exact) mass is 244 g/mol. The van der Waals surface area contributed by atoms with Crippen molar-refractivity contribution in [2.45, 2.75) is 18.9 Å². The number of nitrogens with zero attached hydrogens (tertiary/aromatic N) is 2. The average Bonchev–Trinajstić information content (AvgIpc) is 3.10. The molecule has 0 saturated carbocycles. The van der Waals surface area contributed by atoms with Crippen LogP contribution in [0.4, 0.5) is 5.69 Å². The van der Waals surface area contributed by atoms with Crippen LogP contribution >= 0.6 is 0 Å². The van der Waals surface area contributed by atoms with Crippen molar-refractivity contribution < 1.29 is 4.42 Å². The van der Waals surface area contributed by atoms with Gasteiger partial charge in [0, 0.05) is 23.8 Å². The van der Waals surface area contributed by atoms with E-state index in [1.165, 1.54) is 19.2 Å². The van der Waals surface area contributed by atoms with E-state index in [1.807, 2.05) is 18.2 Å². The zero-order chi connectivity index (χ0) is 12.2. The summed E-state index contributed by atoms with van der Waals surface area (Å²) in [5, 5.41) is 14.5. The second-order valence-electron chi connectivity index (χ2n) is 4.50. The van der Waals surface area contributed by atoms with Crippen LogP contribution in [0.2, 0.25) is 0 Å². The van der Waals surface area contributed by atoms with Crippen LogP contribution < -0.4 is 10.6 Å². The Morgan fingerprint density at radius 3 is 3.22 bits per heavy atom. The maximum absolute atomic E-state index is 5.19. The maximum atomic E-state index is 5.19. The number of anilines is 1. The molecule has 0 aliphatic carbocycles. The smallest absolute Gasteiger partial charge is 0.247 e. The molecular weight excluding hydrogens is 228 g/mol. The van der Waals surface area contributed by atoms with Crippen LogP contribution in [-0.4, -0.2) is 29.3 Å². The summed E-state index contributed by atoms with van der Waals surface area (Å²) in [7, 11) is 0. The zero-order valence-electron chi connectivity index (χ0n) is 10.1. The van der Waals surface area contributed by atoms with E-state index in [1.54, 1.807) is 0 Å². The molecule has 0 radical (unpaired) electrons. The van der Waals surface area contributed by atoms with E-state index in [0.29, 0.717) is 11.9 Å². The van der Waals surface area contributed by atoms with Crippen molar-refractivity contribution in [2.75, 3.05) is 18.4 Å². The van der Waals surface area contributed by atoms with Crippen LogP contribution in [-0.2, 0) is 0 Å². The highest BCUT2D eigenvalue weighted by atomic mass is 16.4. The van der Waals surface area contributed by atoms with Gasteiger partial charge in [0.1, 0.15) is 0 Å². The van der Waals surface area contributed by atoms with Crippen molar-refractivity contribution in [3.8, 4) is 11.5 Å². The van der Waals surface area contributed by atoms with Gasteiger partial charge in [0.25, 0.3) is 0 Å². The molecular formula is C13H16N4O. The van der Waals surface area contributed by atoms with Crippen LogP contribution in [0.3, 0.4) is 0 Å². The third kappa shape index (κ3) is 2.51. The Bertz CT molecular complexity index is 491. The topological polar surface area (TPSA) is 63.0 Å². The lowest BCUT2D eigenvalue weighted by molar-refractivity contribution is 0.568. The van der Waals surface area contributed by atoms with Crippen LogP contribution in [0.25, 0.3) is 11.5 Å². The lowest BCUT2D eigenvalue weighted by atomic mass is 10.2. The molecule has 5 nitrogen and oxygen atoms in total. The fourth-order valence-electron chi connectivity index (χ4n) is 2.23. The van der Waals surface area contributed by atoms with E-state index in [4.69, 9.17) is 4.42 Å². The van der Waals surface area contributed by atoms with E-state index >= 15 is 0 Å². The van der Waals surface area contributed by atoms with Crippen LogP contribution in [0, 0.1) is 0 Å². The highest BCUT2D eigenvalue weighted by Crippen LogP contribution is 2.20. The van der Waals surface area contributed by atoms with Gasteiger partial charge in [-0.3, -0.25) is 0 Å². The second-order valence-corrected chi connectivity index (χ2v) is 4.50. The molecule has 1 aliphatic rings. The molecule has 94 valence electrons. The minimum absolute atomic E-state index is 0.553. The van der Waals surface area contributed by atoms with Gasteiger partial charge in [0.05, 0.1) is 0 Å². The Kier molecular flexibility index (Phi) is 3.23. The number of benzene rings is 1.